The maximum absolute atomic E-state index is 13.0. The van der Waals surface area contributed by atoms with Crippen LogP contribution in [0, 0.1) is 6.92 Å². The molecule has 0 bridgehead atoms. The van der Waals surface area contributed by atoms with E-state index in [4.69, 9.17) is 4.74 Å². The van der Waals surface area contributed by atoms with E-state index in [1.807, 2.05) is 65.7 Å². The van der Waals surface area contributed by atoms with Gasteiger partial charge in [0.2, 0.25) is 0 Å². The summed E-state index contributed by atoms with van der Waals surface area (Å²) in [4.78, 5) is 21.7. The molecule has 3 heterocycles. The van der Waals surface area contributed by atoms with Crippen LogP contribution in [0.25, 0.3) is 5.65 Å². The maximum atomic E-state index is 13.0. The zero-order chi connectivity index (χ0) is 18.8. The number of carbonyl (C=O) groups excluding carboxylic acids is 1. The molecule has 6 heteroatoms. The first-order valence-corrected chi connectivity index (χ1v) is 9.38. The number of fused-ring (bicyclic) bond motifs is 1. The third-order valence-corrected chi connectivity index (χ3v) is 5.04. The van der Waals surface area contributed by atoms with E-state index in [1.165, 1.54) is 0 Å². The van der Waals surface area contributed by atoms with Crippen molar-refractivity contribution in [2.75, 3.05) is 37.7 Å². The molecule has 0 saturated carbocycles. The van der Waals surface area contributed by atoms with Crippen LogP contribution in [-0.4, -0.2) is 53.0 Å². The number of anilines is 1. The number of amides is 1. The predicted octanol–water partition coefficient (Wildman–Crippen LogP) is 3.00. The average Bonchev–Trinajstić information content (AvgIpc) is 3.05. The lowest BCUT2D eigenvalue weighted by molar-refractivity contribution is 0.0740. The van der Waals surface area contributed by atoms with Gasteiger partial charge in [0.15, 0.2) is 0 Å². The fourth-order valence-corrected chi connectivity index (χ4v) is 3.62. The van der Waals surface area contributed by atoms with Gasteiger partial charge in [0, 0.05) is 32.4 Å². The summed E-state index contributed by atoms with van der Waals surface area (Å²) in [6, 6.07) is 13.9. The zero-order valence-corrected chi connectivity index (χ0v) is 15.8. The number of piperazine rings is 1. The van der Waals surface area contributed by atoms with Gasteiger partial charge in [-0.2, -0.15) is 0 Å². The van der Waals surface area contributed by atoms with Crippen LogP contribution in [0.15, 0.2) is 48.7 Å². The molecule has 27 heavy (non-hydrogen) atoms. The summed E-state index contributed by atoms with van der Waals surface area (Å²) >= 11 is 0. The van der Waals surface area contributed by atoms with Gasteiger partial charge in [0.05, 0.1) is 18.0 Å². The second kappa shape index (κ2) is 7.31. The summed E-state index contributed by atoms with van der Waals surface area (Å²) in [5.74, 6) is 0.907. The van der Waals surface area contributed by atoms with Gasteiger partial charge < -0.3 is 18.9 Å². The third-order valence-electron chi connectivity index (χ3n) is 5.04. The van der Waals surface area contributed by atoms with E-state index in [2.05, 4.69) is 16.0 Å². The Morgan fingerprint density at radius 1 is 1.07 bits per heavy atom. The van der Waals surface area contributed by atoms with E-state index in [0.717, 1.165) is 35.9 Å². The number of aryl methyl sites for hydroxylation is 1. The summed E-state index contributed by atoms with van der Waals surface area (Å²) in [5.41, 5.74) is 3.34. The number of para-hydroxylation sites is 2. The highest BCUT2D eigenvalue weighted by atomic mass is 16.5. The van der Waals surface area contributed by atoms with Crippen LogP contribution in [0.5, 0.6) is 5.75 Å². The predicted molar refractivity (Wildman–Crippen MR) is 106 cm³/mol. The van der Waals surface area contributed by atoms with Crippen LogP contribution in [0.3, 0.4) is 0 Å². The number of imidazole rings is 1. The monoisotopic (exact) mass is 364 g/mol. The quantitative estimate of drug-likeness (QED) is 0.714. The molecule has 3 aromatic rings. The molecule has 2 aromatic heterocycles. The summed E-state index contributed by atoms with van der Waals surface area (Å²) < 4.78 is 7.71. The summed E-state index contributed by atoms with van der Waals surface area (Å²) in [5, 5.41) is 0. The number of rotatable bonds is 4. The molecule has 0 N–H and O–H groups in total. The number of ether oxygens (including phenoxy) is 1. The van der Waals surface area contributed by atoms with Crippen molar-refractivity contribution in [1.29, 1.82) is 0 Å². The lowest BCUT2D eigenvalue weighted by Crippen LogP contribution is -2.49. The SMILES string of the molecule is CCOc1ccccc1N1CCN(C(=O)c2nc3ccccn3c2C)CC1. The van der Waals surface area contributed by atoms with Gasteiger partial charge in [-0.05, 0) is 38.1 Å². The number of nitrogens with zero attached hydrogens (tertiary/aromatic N) is 4. The van der Waals surface area contributed by atoms with Crippen molar-refractivity contribution in [3.63, 3.8) is 0 Å². The minimum atomic E-state index is 0.00828. The molecule has 1 aromatic carbocycles. The van der Waals surface area contributed by atoms with Crippen molar-refractivity contribution in [3.05, 3.63) is 60.0 Å². The summed E-state index contributed by atoms with van der Waals surface area (Å²) in [6.45, 7) is 7.48. The third kappa shape index (κ3) is 3.23. The van der Waals surface area contributed by atoms with Crippen molar-refractivity contribution in [3.8, 4) is 5.75 Å². The lowest BCUT2D eigenvalue weighted by Gasteiger charge is -2.36. The fourth-order valence-electron chi connectivity index (χ4n) is 3.62. The molecule has 1 amide bonds. The Bertz CT molecular complexity index is 958. The molecular weight excluding hydrogens is 340 g/mol. The van der Waals surface area contributed by atoms with Crippen LogP contribution >= 0.6 is 0 Å². The first-order valence-electron chi connectivity index (χ1n) is 9.38. The second-order valence-corrected chi connectivity index (χ2v) is 6.65. The second-order valence-electron chi connectivity index (χ2n) is 6.65. The van der Waals surface area contributed by atoms with E-state index in [-0.39, 0.29) is 5.91 Å². The number of hydrogen-bond acceptors (Lipinski definition) is 4. The van der Waals surface area contributed by atoms with Crippen LogP contribution in [0.2, 0.25) is 0 Å². The van der Waals surface area contributed by atoms with Crippen LogP contribution < -0.4 is 9.64 Å². The topological polar surface area (TPSA) is 50.1 Å². The van der Waals surface area contributed by atoms with E-state index in [1.54, 1.807) is 0 Å². The van der Waals surface area contributed by atoms with Crippen LogP contribution in [-0.2, 0) is 0 Å². The van der Waals surface area contributed by atoms with Gasteiger partial charge in [-0.25, -0.2) is 4.98 Å². The largest absolute Gasteiger partial charge is 0.492 e. The molecule has 140 valence electrons. The number of pyridine rings is 1. The molecule has 0 atom stereocenters. The molecule has 1 aliphatic heterocycles. The van der Waals surface area contributed by atoms with E-state index in [9.17, 15) is 4.79 Å². The highest BCUT2D eigenvalue weighted by Gasteiger charge is 2.26. The average molecular weight is 364 g/mol. The maximum Gasteiger partial charge on any atom is 0.274 e. The van der Waals surface area contributed by atoms with Gasteiger partial charge in [0.25, 0.3) is 5.91 Å². The highest BCUT2D eigenvalue weighted by molar-refractivity contribution is 5.94. The molecule has 1 fully saturated rings. The fraction of sp³-hybridized carbons (Fsp3) is 0.333. The number of aromatic nitrogens is 2. The first kappa shape index (κ1) is 17.4. The molecule has 6 nitrogen and oxygen atoms in total. The Hall–Kier alpha value is -3.02. The minimum Gasteiger partial charge on any atom is -0.492 e. The zero-order valence-electron chi connectivity index (χ0n) is 15.8. The molecule has 1 aliphatic rings. The van der Waals surface area contributed by atoms with Gasteiger partial charge in [-0.3, -0.25) is 4.79 Å². The first-order chi connectivity index (χ1) is 13.2. The van der Waals surface area contributed by atoms with Gasteiger partial charge >= 0.3 is 0 Å². The molecule has 0 spiro atoms. The molecule has 1 saturated heterocycles. The molecular formula is C21H24N4O2. The van der Waals surface area contributed by atoms with E-state index >= 15 is 0 Å². The van der Waals surface area contributed by atoms with Crippen molar-refractivity contribution >= 4 is 17.2 Å². The Kier molecular flexibility index (Phi) is 4.71. The smallest absolute Gasteiger partial charge is 0.274 e. The van der Waals surface area contributed by atoms with Crippen molar-refractivity contribution in [1.82, 2.24) is 14.3 Å². The Labute approximate surface area is 159 Å². The van der Waals surface area contributed by atoms with Crippen LogP contribution in [0.4, 0.5) is 5.69 Å². The van der Waals surface area contributed by atoms with Gasteiger partial charge in [-0.1, -0.05) is 18.2 Å². The van der Waals surface area contributed by atoms with E-state index < -0.39 is 0 Å². The highest BCUT2D eigenvalue weighted by Crippen LogP contribution is 2.29. The van der Waals surface area contributed by atoms with Crippen molar-refractivity contribution < 1.29 is 9.53 Å². The normalized spacial score (nSPS) is 14.6. The number of hydrogen-bond donors (Lipinski definition) is 0. The Morgan fingerprint density at radius 3 is 2.56 bits per heavy atom. The number of carbonyl (C=O) groups is 1. The standard InChI is InChI=1S/C21H24N4O2/c1-3-27-18-9-5-4-8-17(18)23-12-14-24(15-13-23)21(26)20-16(2)25-11-7-6-10-19(25)22-20/h4-11H,3,12-15H2,1-2H3. The molecule has 0 unspecified atom stereocenters. The molecule has 0 aliphatic carbocycles. The minimum absolute atomic E-state index is 0.00828. The molecule has 4 rings (SSSR count). The summed E-state index contributed by atoms with van der Waals surface area (Å²) in [7, 11) is 0. The van der Waals surface area contributed by atoms with Crippen molar-refractivity contribution in [2.24, 2.45) is 0 Å². The Morgan fingerprint density at radius 2 is 1.81 bits per heavy atom. The summed E-state index contributed by atoms with van der Waals surface area (Å²) in [6.07, 6.45) is 1.94. The Balaban J connectivity index is 1.49. The van der Waals surface area contributed by atoms with Crippen molar-refractivity contribution in [2.45, 2.75) is 13.8 Å². The van der Waals surface area contributed by atoms with E-state index in [0.29, 0.717) is 25.4 Å². The number of benzene rings is 1. The molecule has 0 radical (unpaired) electrons. The van der Waals surface area contributed by atoms with Gasteiger partial charge in [-0.15, -0.1) is 0 Å². The van der Waals surface area contributed by atoms with Gasteiger partial charge in [0.1, 0.15) is 17.1 Å². The lowest BCUT2D eigenvalue weighted by atomic mass is 10.2. The van der Waals surface area contributed by atoms with Crippen LogP contribution in [0.1, 0.15) is 23.1 Å².